The number of ether oxygens (including phenoxy) is 1. The monoisotopic (exact) mass is 251 g/mol. The largest absolute Gasteiger partial charge is 0.476 e. The van der Waals surface area contributed by atoms with Crippen molar-refractivity contribution in [2.75, 3.05) is 0 Å². The Balaban J connectivity index is 2.37. The van der Waals surface area contributed by atoms with E-state index in [9.17, 15) is 13.6 Å². The SMILES string of the molecule is O=C(O)c1ncccc1Oc1cc(F)cc(F)c1. The zero-order chi connectivity index (χ0) is 13.1. The second-order valence-electron chi connectivity index (χ2n) is 3.36. The molecule has 1 heterocycles. The Morgan fingerprint density at radius 2 is 1.89 bits per heavy atom. The van der Waals surface area contributed by atoms with Gasteiger partial charge in [-0.1, -0.05) is 0 Å². The molecule has 0 aliphatic carbocycles. The summed E-state index contributed by atoms with van der Waals surface area (Å²) in [6.45, 7) is 0. The maximum Gasteiger partial charge on any atom is 0.358 e. The summed E-state index contributed by atoms with van der Waals surface area (Å²) in [4.78, 5) is 14.5. The van der Waals surface area contributed by atoms with Gasteiger partial charge in [0.2, 0.25) is 0 Å². The zero-order valence-electron chi connectivity index (χ0n) is 8.93. The van der Waals surface area contributed by atoms with E-state index < -0.39 is 17.6 Å². The van der Waals surface area contributed by atoms with Crippen molar-refractivity contribution in [1.82, 2.24) is 4.98 Å². The molecule has 0 saturated heterocycles. The smallest absolute Gasteiger partial charge is 0.358 e. The third kappa shape index (κ3) is 2.60. The maximum atomic E-state index is 12.9. The fourth-order valence-corrected chi connectivity index (χ4v) is 1.35. The lowest BCUT2D eigenvalue weighted by Gasteiger charge is -2.07. The van der Waals surface area contributed by atoms with Crippen LogP contribution >= 0.6 is 0 Å². The highest BCUT2D eigenvalue weighted by molar-refractivity contribution is 5.88. The number of hydrogen-bond acceptors (Lipinski definition) is 3. The Morgan fingerprint density at radius 3 is 2.50 bits per heavy atom. The summed E-state index contributed by atoms with van der Waals surface area (Å²) in [6, 6.07) is 5.38. The normalized spacial score (nSPS) is 10.1. The number of pyridine rings is 1. The van der Waals surface area contributed by atoms with Crippen LogP contribution < -0.4 is 4.74 Å². The summed E-state index contributed by atoms with van der Waals surface area (Å²) < 4.78 is 31.0. The van der Waals surface area contributed by atoms with Gasteiger partial charge < -0.3 is 9.84 Å². The topological polar surface area (TPSA) is 59.4 Å². The molecule has 0 unspecified atom stereocenters. The van der Waals surface area contributed by atoms with Crippen LogP contribution in [0.2, 0.25) is 0 Å². The second-order valence-corrected chi connectivity index (χ2v) is 3.36. The van der Waals surface area contributed by atoms with E-state index in [4.69, 9.17) is 9.84 Å². The van der Waals surface area contributed by atoms with Crippen LogP contribution in [0.25, 0.3) is 0 Å². The van der Waals surface area contributed by atoms with Crippen molar-refractivity contribution in [2.24, 2.45) is 0 Å². The predicted octanol–water partition coefficient (Wildman–Crippen LogP) is 2.85. The molecule has 6 heteroatoms. The van der Waals surface area contributed by atoms with Gasteiger partial charge in [0.15, 0.2) is 11.4 Å². The Labute approximate surface area is 100 Å². The second kappa shape index (κ2) is 4.79. The van der Waals surface area contributed by atoms with Crippen LogP contribution in [-0.2, 0) is 0 Å². The minimum atomic E-state index is -1.29. The molecule has 92 valence electrons. The maximum absolute atomic E-state index is 12.9. The number of carboxylic acids is 1. The van der Waals surface area contributed by atoms with E-state index in [1.165, 1.54) is 18.3 Å². The number of carboxylic acid groups (broad SMARTS) is 1. The fraction of sp³-hybridized carbons (Fsp3) is 0. The number of hydrogen-bond donors (Lipinski definition) is 1. The van der Waals surface area contributed by atoms with Gasteiger partial charge in [-0.25, -0.2) is 18.6 Å². The van der Waals surface area contributed by atoms with Gasteiger partial charge >= 0.3 is 5.97 Å². The summed E-state index contributed by atoms with van der Waals surface area (Å²) >= 11 is 0. The summed E-state index contributed by atoms with van der Waals surface area (Å²) in [5.74, 6) is -3.14. The standard InChI is InChI=1S/C12H7F2NO3/c13-7-4-8(14)6-9(5-7)18-10-2-1-3-15-11(10)12(16)17/h1-6H,(H,16,17). The minimum Gasteiger partial charge on any atom is -0.476 e. The van der Waals surface area contributed by atoms with Gasteiger partial charge in [-0.15, -0.1) is 0 Å². The van der Waals surface area contributed by atoms with Crippen LogP contribution in [0.1, 0.15) is 10.5 Å². The van der Waals surface area contributed by atoms with Crippen molar-refractivity contribution in [1.29, 1.82) is 0 Å². The molecule has 0 bridgehead atoms. The third-order valence-electron chi connectivity index (χ3n) is 2.04. The molecule has 0 amide bonds. The van der Waals surface area contributed by atoms with Gasteiger partial charge in [0.1, 0.15) is 17.4 Å². The predicted molar refractivity (Wildman–Crippen MR) is 57.6 cm³/mol. The highest BCUT2D eigenvalue weighted by Crippen LogP contribution is 2.25. The van der Waals surface area contributed by atoms with Crippen LogP contribution in [0.15, 0.2) is 36.5 Å². The first-order valence-electron chi connectivity index (χ1n) is 4.88. The van der Waals surface area contributed by atoms with Crippen molar-refractivity contribution in [3.8, 4) is 11.5 Å². The molecule has 18 heavy (non-hydrogen) atoms. The lowest BCUT2D eigenvalue weighted by atomic mass is 10.3. The van der Waals surface area contributed by atoms with Gasteiger partial charge in [0.25, 0.3) is 0 Å². The zero-order valence-corrected chi connectivity index (χ0v) is 8.93. The quantitative estimate of drug-likeness (QED) is 0.911. The number of rotatable bonds is 3. The molecule has 0 aliphatic heterocycles. The van der Waals surface area contributed by atoms with E-state index >= 15 is 0 Å². The molecule has 1 aromatic carbocycles. The summed E-state index contributed by atoms with van der Waals surface area (Å²) in [5, 5.41) is 8.86. The molecule has 0 atom stereocenters. The van der Waals surface area contributed by atoms with Gasteiger partial charge in [-0.2, -0.15) is 0 Å². The molecular weight excluding hydrogens is 244 g/mol. The first kappa shape index (κ1) is 12.0. The average molecular weight is 251 g/mol. The van der Waals surface area contributed by atoms with Crippen molar-refractivity contribution >= 4 is 5.97 Å². The van der Waals surface area contributed by atoms with Crippen LogP contribution in [0.3, 0.4) is 0 Å². The van der Waals surface area contributed by atoms with Gasteiger partial charge in [-0.05, 0) is 12.1 Å². The molecule has 0 radical (unpaired) electrons. The first-order valence-corrected chi connectivity index (χ1v) is 4.88. The minimum absolute atomic E-state index is 0.0880. The van der Waals surface area contributed by atoms with Crippen LogP contribution in [0.5, 0.6) is 11.5 Å². The number of aromatic nitrogens is 1. The Bertz CT molecular complexity index is 581. The number of nitrogens with zero attached hydrogens (tertiary/aromatic N) is 1. The van der Waals surface area contributed by atoms with E-state index in [1.807, 2.05) is 0 Å². The summed E-state index contributed by atoms with van der Waals surface area (Å²) in [7, 11) is 0. The highest BCUT2D eigenvalue weighted by Gasteiger charge is 2.13. The van der Waals surface area contributed by atoms with E-state index in [-0.39, 0.29) is 17.2 Å². The number of benzene rings is 1. The van der Waals surface area contributed by atoms with Gasteiger partial charge in [-0.3, -0.25) is 0 Å². The molecule has 0 spiro atoms. The third-order valence-corrected chi connectivity index (χ3v) is 2.04. The number of aromatic carboxylic acids is 1. The summed E-state index contributed by atoms with van der Waals surface area (Å²) in [6.07, 6.45) is 1.28. The first-order chi connectivity index (χ1) is 8.56. The molecule has 0 saturated carbocycles. The average Bonchev–Trinajstić information content (AvgIpc) is 2.27. The molecule has 1 aromatic heterocycles. The molecule has 0 aliphatic rings. The van der Waals surface area contributed by atoms with E-state index in [0.717, 1.165) is 12.1 Å². The summed E-state index contributed by atoms with van der Waals surface area (Å²) in [5.41, 5.74) is -0.331. The molecular formula is C12H7F2NO3. The van der Waals surface area contributed by atoms with Crippen molar-refractivity contribution < 1.29 is 23.4 Å². The fourth-order valence-electron chi connectivity index (χ4n) is 1.35. The van der Waals surface area contributed by atoms with Crippen LogP contribution in [0.4, 0.5) is 8.78 Å². The van der Waals surface area contributed by atoms with E-state index in [2.05, 4.69) is 4.98 Å². The van der Waals surface area contributed by atoms with Crippen LogP contribution in [-0.4, -0.2) is 16.1 Å². The van der Waals surface area contributed by atoms with Crippen molar-refractivity contribution in [2.45, 2.75) is 0 Å². The van der Waals surface area contributed by atoms with Crippen LogP contribution in [0, 0.1) is 11.6 Å². The highest BCUT2D eigenvalue weighted by atomic mass is 19.1. The molecule has 4 nitrogen and oxygen atoms in total. The van der Waals surface area contributed by atoms with Crippen molar-refractivity contribution in [3.05, 3.63) is 53.9 Å². The lowest BCUT2D eigenvalue weighted by molar-refractivity contribution is 0.0687. The lowest BCUT2D eigenvalue weighted by Crippen LogP contribution is -2.02. The van der Waals surface area contributed by atoms with Gasteiger partial charge in [0, 0.05) is 24.4 Å². The number of carbonyl (C=O) groups is 1. The Morgan fingerprint density at radius 1 is 1.22 bits per heavy atom. The Hall–Kier alpha value is -2.50. The molecule has 1 N–H and O–H groups in total. The van der Waals surface area contributed by atoms with E-state index in [0.29, 0.717) is 6.07 Å². The van der Waals surface area contributed by atoms with Crippen molar-refractivity contribution in [3.63, 3.8) is 0 Å². The Kier molecular flexibility index (Phi) is 3.18. The van der Waals surface area contributed by atoms with Gasteiger partial charge in [0.05, 0.1) is 0 Å². The molecule has 2 rings (SSSR count). The number of halogens is 2. The molecule has 2 aromatic rings. The van der Waals surface area contributed by atoms with E-state index in [1.54, 1.807) is 0 Å². The molecule has 0 fully saturated rings.